The summed E-state index contributed by atoms with van der Waals surface area (Å²) in [5, 5.41) is 40.0. The molecule has 10 nitrogen and oxygen atoms in total. The van der Waals surface area contributed by atoms with Crippen molar-refractivity contribution < 1.29 is 49.0 Å². The van der Waals surface area contributed by atoms with Crippen LogP contribution in [0.2, 0.25) is 0 Å². The van der Waals surface area contributed by atoms with Crippen molar-refractivity contribution >= 4 is 11.9 Å². The fraction of sp³-hybridized carbons (Fsp3) is 0.778. The molecular formula is C45H78O10. The van der Waals surface area contributed by atoms with Crippen LogP contribution in [-0.2, 0) is 28.5 Å². The average molecular weight is 779 g/mol. The Kier molecular flexibility index (Phi) is 33.2. The maximum absolute atomic E-state index is 12.7. The van der Waals surface area contributed by atoms with Gasteiger partial charge in [0.25, 0.3) is 0 Å². The molecule has 1 aliphatic rings. The predicted octanol–water partition coefficient (Wildman–Crippen LogP) is 8.88. The Hall–Kier alpha value is -2.34. The molecule has 6 atom stereocenters. The smallest absolute Gasteiger partial charge is 0.306 e. The molecule has 1 heterocycles. The minimum absolute atomic E-state index is 0.154. The normalized spacial score (nSPS) is 21.0. The van der Waals surface area contributed by atoms with Gasteiger partial charge in [-0.1, -0.05) is 152 Å². The molecule has 10 heteroatoms. The van der Waals surface area contributed by atoms with Crippen LogP contribution in [-0.4, -0.2) is 89.0 Å². The predicted molar refractivity (Wildman–Crippen MR) is 219 cm³/mol. The molecule has 0 aromatic rings. The third-order valence-corrected chi connectivity index (χ3v) is 9.72. The van der Waals surface area contributed by atoms with Crippen molar-refractivity contribution in [3.05, 3.63) is 48.6 Å². The standard InChI is InChI=1S/C45H78O10/c1-3-5-7-9-11-13-15-17-18-19-20-22-24-26-28-30-32-34-41(48)54-38(37-53-45-44(51)43(50)42(49)39(35-46)55-45)36-52-40(47)33-31-29-27-25-23-21-16-14-12-10-8-6-4-2/h11,13,17-18,20,22,26,28,38-39,42-46,49-51H,3-10,12,14-16,19,21,23-25,27,29-37H2,1-2H3. The zero-order chi connectivity index (χ0) is 40.2. The van der Waals surface area contributed by atoms with Crippen molar-refractivity contribution in [2.75, 3.05) is 19.8 Å². The number of carbonyl (C=O) groups is 2. The summed E-state index contributed by atoms with van der Waals surface area (Å²) >= 11 is 0. The van der Waals surface area contributed by atoms with Crippen LogP contribution in [0.3, 0.4) is 0 Å². The molecule has 318 valence electrons. The second-order valence-corrected chi connectivity index (χ2v) is 14.8. The molecule has 0 saturated carbocycles. The minimum atomic E-state index is -1.60. The Labute approximate surface area is 333 Å². The highest BCUT2D eigenvalue weighted by molar-refractivity contribution is 5.70. The Morgan fingerprint density at radius 1 is 0.564 bits per heavy atom. The van der Waals surface area contributed by atoms with Gasteiger partial charge in [0.2, 0.25) is 0 Å². The van der Waals surface area contributed by atoms with Crippen LogP contribution < -0.4 is 0 Å². The molecular weight excluding hydrogens is 700 g/mol. The van der Waals surface area contributed by atoms with Crippen molar-refractivity contribution in [1.82, 2.24) is 0 Å². The number of ether oxygens (including phenoxy) is 4. The van der Waals surface area contributed by atoms with E-state index in [1.54, 1.807) is 0 Å². The van der Waals surface area contributed by atoms with E-state index < -0.39 is 55.4 Å². The number of esters is 2. The van der Waals surface area contributed by atoms with E-state index >= 15 is 0 Å². The van der Waals surface area contributed by atoms with E-state index in [0.29, 0.717) is 12.8 Å². The van der Waals surface area contributed by atoms with E-state index in [1.807, 2.05) is 6.08 Å². The first-order valence-electron chi connectivity index (χ1n) is 21.7. The molecule has 1 saturated heterocycles. The number of aliphatic hydroxyl groups excluding tert-OH is 4. The van der Waals surface area contributed by atoms with Crippen molar-refractivity contribution in [2.45, 2.75) is 205 Å². The van der Waals surface area contributed by atoms with Crippen LogP contribution in [0.15, 0.2) is 48.6 Å². The number of carbonyl (C=O) groups excluding carboxylic acids is 2. The van der Waals surface area contributed by atoms with Crippen LogP contribution in [0.1, 0.15) is 168 Å². The van der Waals surface area contributed by atoms with Gasteiger partial charge in [-0.15, -0.1) is 0 Å². The van der Waals surface area contributed by atoms with Crippen LogP contribution in [0.4, 0.5) is 0 Å². The van der Waals surface area contributed by atoms with Gasteiger partial charge in [0, 0.05) is 12.8 Å². The van der Waals surface area contributed by atoms with E-state index in [0.717, 1.165) is 44.9 Å². The van der Waals surface area contributed by atoms with Crippen LogP contribution in [0.5, 0.6) is 0 Å². The van der Waals surface area contributed by atoms with Gasteiger partial charge in [0.1, 0.15) is 31.0 Å². The molecule has 0 aliphatic carbocycles. The summed E-state index contributed by atoms with van der Waals surface area (Å²) in [6.07, 6.45) is 34.1. The van der Waals surface area contributed by atoms with Crippen molar-refractivity contribution in [1.29, 1.82) is 0 Å². The molecule has 0 aromatic carbocycles. The van der Waals surface area contributed by atoms with Gasteiger partial charge < -0.3 is 39.4 Å². The maximum Gasteiger partial charge on any atom is 0.306 e. The quantitative estimate of drug-likeness (QED) is 0.0279. The number of hydrogen-bond acceptors (Lipinski definition) is 10. The number of allylic oxidation sites excluding steroid dienone is 8. The number of rotatable bonds is 35. The van der Waals surface area contributed by atoms with Crippen molar-refractivity contribution in [3.63, 3.8) is 0 Å². The second-order valence-electron chi connectivity index (χ2n) is 14.8. The third-order valence-electron chi connectivity index (χ3n) is 9.72. The Bertz CT molecular complexity index is 1040. The average Bonchev–Trinajstić information content (AvgIpc) is 3.18. The topological polar surface area (TPSA) is 152 Å². The highest BCUT2D eigenvalue weighted by Gasteiger charge is 2.44. The number of aliphatic hydroxyl groups is 4. The van der Waals surface area contributed by atoms with Gasteiger partial charge in [-0.2, -0.15) is 0 Å². The largest absolute Gasteiger partial charge is 0.462 e. The molecule has 1 rings (SSSR count). The molecule has 0 bridgehead atoms. The second kappa shape index (κ2) is 36.0. The van der Waals surface area contributed by atoms with E-state index in [9.17, 15) is 30.0 Å². The number of unbranched alkanes of at least 4 members (excludes halogenated alkanes) is 16. The highest BCUT2D eigenvalue weighted by Crippen LogP contribution is 2.22. The first-order chi connectivity index (χ1) is 26.8. The zero-order valence-electron chi connectivity index (χ0n) is 34.4. The fourth-order valence-electron chi connectivity index (χ4n) is 6.24. The molecule has 0 spiro atoms. The lowest BCUT2D eigenvalue weighted by Gasteiger charge is -2.39. The maximum atomic E-state index is 12.7. The first kappa shape index (κ1) is 50.7. The lowest BCUT2D eigenvalue weighted by molar-refractivity contribution is -0.305. The fourth-order valence-corrected chi connectivity index (χ4v) is 6.24. The highest BCUT2D eigenvalue weighted by atomic mass is 16.7. The summed E-state index contributed by atoms with van der Waals surface area (Å²) in [5.74, 6) is -0.872. The van der Waals surface area contributed by atoms with Gasteiger partial charge in [-0.3, -0.25) is 9.59 Å². The lowest BCUT2D eigenvalue weighted by atomic mass is 9.99. The summed E-state index contributed by atoms with van der Waals surface area (Å²) in [4.78, 5) is 25.2. The molecule has 0 radical (unpaired) electrons. The van der Waals surface area contributed by atoms with Gasteiger partial charge in [-0.05, 0) is 51.4 Å². The number of hydrogen-bond donors (Lipinski definition) is 4. The van der Waals surface area contributed by atoms with Gasteiger partial charge in [-0.25, -0.2) is 0 Å². The van der Waals surface area contributed by atoms with E-state index in [-0.39, 0.29) is 26.1 Å². The van der Waals surface area contributed by atoms with Crippen LogP contribution >= 0.6 is 0 Å². The van der Waals surface area contributed by atoms with E-state index in [4.69, 9.17) is 18.9 Å². The Balaban J connectivity index is 2.40. The monoisotopic (exact) mass is 779 g/mol. The Morgan fingerprint density at radius 2 is 1.04 bits per heavy atom. The molecule has 4 N–H and O–H groups in total. The van der Waals surface area contributed by atoms with E-state index in [2.05, 4.69) is 56.4 Å². The third kappa shape index (κ3) is 27.8. The summed E-state index contributed by atoms with van der Waals surface area (Å²) in [6.45, 7) is 3.33. The van der Waals surface area contributed by atoms with Gasteiger partial charge in [0.15, 0.2) is 12.4 Å². The van der Waals surface area contributed by atoms with Gasteiger partial charge in [0.05, 0.1) is 13.2 Å². The summed E-state index contributed by atoms with van der Waals surface area (Å²) in [5.41, 5.74) is 0. The molecule has 0 aromatic heterocycles. The van der Waals surface area contributed by atoms with E-state index in [1.165, 1.54) is 83.5 Å². The SMILES string of the molecule is CCCCCC=CCC=CCC=CCC=CCCCC(=O)OC(COC(=O)CCCCCCCCCCCCCCC)COC1OC(CO)C(O)C(O)C1O. The summed E-state index contributed by atoms with van der Waals surface area (Å²) in [7, 11) is 0. The molecule has 1 aliphatic heterocycles. The Morgan fingerprint density at radius 3 is 1.58 bits per heavy atom. The molecule has 0 amide bonds. The molecule has 55 heavy (non-hydrogen) atoms. The first-order valence-corrected chi connectivity index (χ1v) is 21.7. The van der Waals surface area contributed by atoms with Crippen molar-refractivity contribution in [2.24, 2.45) is 0 Å². The lowest BCUT2D eigenvalue weighted by Crippen LogP contribution is -2.59. The molecule has 1 fully saturated rings. The van der Waals surface area contributed by atoms with Gasteiger partial charge >= 0.3 is 11.9 Å². The minimum Gasteiger partial charge on any atom is -0.462 e. The zero-order valence-corrected chi connectivity index (χ0v) is 34.4. The molecule has 6 unspecified atom stereocenters. The summed E-state index contributed by atoms with van der Waals surface area (Å²) in [6, 6.07) is 0. The van der Waals surface area contributed by atoms with Crippen LogP contribution in [0, 0.1) is 0 Å². The van der Waals surface area contributed by atoms with Crippen molar-refractivity contribution in [3.8, 4) is 0 Å². The summed E-state index contributed by atoms with van der Waals surface area (Å²) < 4.78 is 22.1. The van der Waals surface area contributed by atoms with Crippen LogP contribution in [0.25, 0.3) is 0 Å².